The molecule has 0 aliphatic rings. The van der Waals surface area contributed by atoms with Gasteiger partial charge < -0.3 is 19.9 Å². The third-order valence-corrected chi connectivity index (χ3v) is 5.01. The molecule has 2 N–H and O–H groups in total. The highest BCUT2D eigenvalue weighted by Gasteiger charge is 2.09. The van der Waals surface area contributed by atoms with Crippen LogP contribution in [0.15, 0.2) is 67.0 Å². The van der Waals surface area contributed by atoms with Crippen molar-refractivity contribution < 1.29 is 14.3 Å². The molecule has 0 spiro atoms. The van der Waals surface area contributed by atoms with Gasteiger partial charge in [-0.15, -0.1) is 0 Å². The van der Waals surface area contributed by atoms with Gasteiger partial charge in [0.15, 0.2) is 0 Å². The summed E-state index contributed by atoms with van der Waals surface area (Å²) < 4.78 is 7.07. The number of urea groups is 1. The molecule has 7 nitrogen and oxygen atoms in total. The SMILES string of the molecule is CCOC(=O)CCCn1ccc2cc(NC(=O)Nc3ccnc4ccccc34)ccc21. The summed E-state index contributed by atoms with van der Waals surface area (Å²) in [7, 11) is 0. The summed E-state index contributed by atoms with van der Waals surface area (Å²) in [5.74, 6) is -0.168. The van der Waals surface area contributed by atoms with E-state index in [1.54, 1.807) is 12.3 Å². The fourth-order valence-corrected chi connectivity index (χ4v) is 3.59. The largest absolute Gasteiger partial charge is 0.466 e. The van der Waals surface area contributed by atoms with E-state index in [0.29, 0.717) is 30.8 Å². The van der Waals surface area contributed by atoms with Crippen molar-refractivity contribution in [3.8, 4) is 0 Å². The molecule has 0 unspecified atom stereocenters. The fraction of sp³-hybridized carbons (Fsp3) is 0.208. The first-order valence-electron chi connectivity index (χ1n) is 10.3. The number of anilines is 2. The van der Waals surface area contributed by atoms with Gasteiger partial charge in [0, 0.05) is 47.3 Å². The number of benzene rings is 2. The van der Waals surface area contributed by atoms with Gasteiger partial charge in [0.2, 0.25) is 0 Å². The summed E-state index contributed by atoms with van der Waals surface area (Å²) in [5.41, 5.74) is 3.28. The summed E-state index contributed by atoms with van der Waals surface area (Å²) in [4.78, 5) is 28.3. The molecule has 0 fully saturated rings. The second kappa shape index (κ2) is 9.30. The van der Waals surface area contributed by atoms with Crippen LogP contribution in [0.4, 0.5) is 16.2 Å². The Morgan fingerprint density at radius 1 is 1.06 bits per heavy atom. The molecule has 0 aliphatic carbocycles. The number of rotatable bonds is 7. The number of para-hydroxylation sites is 1. The standard InChI is InChI=1S/C24H24N4O3/c1-2-31-23(29)8-5-14-28-15-12-17-16-18(9-10-22(17)28)26-24(30)27-21-11-13-25-20-7-4-3-6-19(20)21/h3-4,6-7,9-13,15-16H,2,5,8,14H2,1H3,(H2,25,26,27,30). The highest BCUT2D eigenvalue weighted by Crippen LogP contribution is 2.23. The third-order valence-electron chi connectivity index (χ3n) is 5.01. The average molecular weight is 416 g/mol. The van der Waals surface area contributed by atoms with Crippen LogP contribution in [-0.4, -0.2) is 28.2 Å². The molecule has 2 aromatic heterocycles. The van der Waals surface area contributed by atoms with Crippen LogP contribution in [0, 0.1) is 0 Å². The highest BCUT2D eigenvalue weighted by molar-refractivity contribution is 6.06. The molecule has 2 aromatic carbocycles. The Hall–Kier alpha value is -3.87. The molecule has 31 heavy (non-hydrogen) atoms. The molecule has 4 rings (SSSR count). The Balaban J connectivity index is 1.41. The topological polar surface area (TPSA) is 85.2 Å². The van der Waals surface area contributed by atoms with Crippen molar-refractivity contribution in [1.82, 2.24) is 9.55 Å². The van der Waals surface area contributed by atoms with E-state index in [2.05, 4.69) is 20.2 Å². The Kier molecular flexibility index (Phi) is 6.12. The quantitative estimate of drug-likeness (QED) is 0.407. The van der Waals surface area contributed by atoms with Gasteiger partial charge in [-0.2, -0.15) is 0 Å². The predicted molar refractivity (Wildman–Crippen MR) is 122 cm³/mol. The van der Waals surface area contributed by atoms with Gasteiger partial charge >= 0.3 is 12.0 Å². The Morgan fingerprint density at radius 2 is 1.94 bits per heavy atom. The summed E-state index contributed by atoms with van der Waals surface area (Å²) in [5, 5.41) is 7.69. The molecule has 0 saturated carbocycles. The van der Waals surface area contributed by atoms with Crippen molar-refractivity contribution in [2.24, 2.45) is 0 Å². The summed E-state index contributed by atoms with van der Waals surface area (Å²) in [6, 6.07) is 16.9. The van der Waals surface area contributed by atoms with Crippen molar-refractivity contribution in [2.75, 3.05) is 17.2 Å². The molecule has 7 heteroatoms. The second-order valence-electron chi connectivity index (χ2n) is 7.15. The number of ether oxygens (including phenoxy) is 1. The molecule has 2 heterocycles. The zero-order valence-electron chi connectivity index (χ0n) is 17.3. The lowest BCUT2D eigenvalue weighted by molar-refractivity contribution is -0.143. The first-order chi connectivity index (χ1) is 15.1. The van der Waals surface area contributed by atoms with Crippen molar-refractivity contribution in [1.29, 1.82) is 0 Å². The number of fused-ring (bicyclic) bond motifs is 2. The van der Waals surface area contributed by atoms with Crippen LogP contribution in [0.3, 0.4) is 0 Å². The normalized spacial score (nSPS) is 10.9. The second-order valence-corrected chi connectivity index (χ2v) is 7.15. The number of nitrogens with zero attached hydrogens (tertiary/aromatic N) is 2. The number of aromatic nitrogens is 2. The fourth-order valence-electron chi connectivity index (χ4n) is 3.59. The number of esters is 1. The molecule has 0 atom stereocenters. The Labute approximate surface area is 180 Å². The van der Waals surface area contributed by atoms with Gasteiger partial charge in [-0.25, -0.2) is 4.79 Å². The van der Waals surface area contributed by atoms with Crippen LogP contribution in [-0.2, 0) is 16.1 Å². The number of nitrogens with one attached hydrogen (secondary N) is 2. The van der Waals surface area contributed by atoms with Crippen molar-refractivity contribution in [3.63, 3.8) is 0 Å². The number of aryl methyl sites for hydroxylation is 1. The van der Waals surface area contributed by atoms with Gasteiger partial charge in [0.05, 0.1) is 17.8 Å². The summed E-state index contributed by atoms with van der Waals surface area (Å²) >= 11 is 0. The van der Waals surface area contributed by atoms with Crippen molar-refractivity contribution in [3.05, 3.63) is 67.0 Å². The Bertz CT molecular complexity index is 1230. The van der Waals surface area contributed by atoms with Crippen LogP contribution < -0.4 is 10.6 Å². The van der Waals surface area contributed by atoms with E-state index in [1.165, 1.54) is 0 Å². The van der Waals surface area contributed by atoms with Gasteiger partial charge in [-0.3, -0.25) is 9.78 Å². The van der Waals surface area contributed by atoms with Crippen LogP contribution in [0.1, 0.15) is 19.8 Å². The maximum atomic E-state index is 12.5. The number of pyridine rings is 1. The minimum Gasteiger partial charge on any atom is -0.466 e. The zero-order chi connectivity index (χ0) is 21.6. The molecule has 158 valence electrons. The number of hydrogen-bond acceptors (Lipinski definition) is 4. The van der Waals surface area contributed by atoms with Crippen LogP contribution >= 0.6 is 0 Å². The molecule has 0 aliphatic heterocycles. The highest BCUT2D eigenvalue weighted by atomic mass is 16.5. The first kappa shape index (κ1) is 20.4. The van der Waals surface area contributed by atoms with Gasteiger partial charge in [0.1, 0.15) is 0 Å². The number of amides is 2. The summed E-state index contributed by atoms with van der Waals surface area (Å²) in [6.45, 7) is 2.94. The zero-order valence-corrected chi connectivity index (χ0v) is 17.3. The molecule has 0 bridgehead atoms. The number of hydrogen-bond donors (Lipinski definition) is 2. The molecular formula is C24H24N4O3. The van der Waals surface area contributed by atoms with Crippen molar-refractivity contribution in [2.45, 2.75) is 26.3 Å². The van der Waals surface area contributed by atoms with E-state index in [0.717, 1.165) is 28.4 Å². The average Bonchev–Trinajstić information content (AvgIpc) is 3.16. The van der Waals surface area contributed by atoms with E-state index in [4.69, 9.17) is 4.74 Å². The monoisotopic (exact) mass is 416 g/mol. The molecular weight excluding hydrogens is 392 g/mol. The van der Waals surface area contributed by atoms with Crippen molar-refractivity contribution >= 4 is 45.2 Å². The maximum absolute atomic E-state index is 12.5. The Morgan fingerprint density at radius 3 is 2.81 bits per heavy atom. The number of carbonyl (C=O) groups is 2. The predicted octanol–water partition coefficient (Wildman–Crippen LogP) is 5.18. The smallest absolute Gasteiger partial charge is 0.323 e. The minimum atomic E-state index is -0.315. The van der Waals surface area contributed by atoms with Crippen LogP contribution in [0.25, 0.3) is 21.8 Å². The third kappa shape index (κ3) is 4.83. The van der Waals surface area contributed by atoms with E-state index in [9.17, 15) is 9.59 Å². The summed E-state index contributed by atoms with van der Waals surface area (Å²) in [6.07, 6.45) is 4.78. The van der Waals surface area contributed by atoms with E-state index >= 15 is 0 Å². The molecule has 2 amide bonds. The molecule has 0 radical (unpaired) electrons. The number of carbonyl (C=O) groups excluding carboxylic acids is 2. The maximum Gasteiger partial charge on any atom is 0.323 e. The van der Waals surface area contributed by atoms with Gasteiger partial charge in [-0.05, 0) is 49.7 Å². The lowest BCUT2D eigenvalue weighted by atomic mass is 10.2. The van der Waals surface area contributed by atoms with E-state index in [-0.39, 0.29) is 12.0 Å². The van der Waals surface area contributed by atoms with Crippen LogP contribution in [0.2, 0.25) is 0 Å². The van der Waals surface area contributed by atoms with E-state index in [1.807, 2.05) is 61.7 Å². The van der Waals surface area contributed by atoms with Gasteiger partial charge in [-0.1, -0.05) is 18.2 Å². The van der Waals surface area contributed by atoms with E-state index < -0.39 is 0 Å². The van der Waals surface area contributed by atoms with Gasteiger partial charge in [0.25, 0.3) is 0 Å². The molecule has 4 aromatic rings. The molecule has 0 saturated heterocycles. The lowest BCUT2D eigenvalue weighted by Gasteiger charge is -2.10. The lowest BCUT2D eigenvalue weighted by Crippen LogP contribution is -2.19. The van der Waals surface area contributed by atoms with Crippen LogP contribution in [0.5, 0.6) is 0 Å². The minimum absolute atomic E-state index is 0.168. The first-order valence-corrected chi connectivity index (χ1v) is 10.3.